The molecular formula is C11H18N2O3S. The van der Waals surface area contributed by atoms with E-state index < -0.39 is 10.0 Å². The number of sulfonamides is 1. The molecule has 1 rings (SSSR count). The first-order chi connectivity index (χ1) is 7.92. The molecule has 1 atom stereocenters. The van der Waals surface area contributed by atoms with Crippen molar-refractivity contribution in [3.05, 3.63) is 29.8 Å². The first-order valence-electron chi connectivity index (χ1n) is 5.30. The van der Waals surface area contributed by atoms with Crippen LogP contribution in [0.4, 0.5) is 0 Å². The van der Waals surface area contributed by atoms with Crippen LogP contribution in [0.25, 0.3) is 0 Å². The van der Waals surface area contributed by atoms with Gasteiger partial charge in [-0.3, -0.25) is 0 Å². The highest BCUT2D eigenvalue weighted by Crippen LogP contribution is 2.16. The molecule has 0 aliphatic rings. The van der Waals surface area contributed by atoms with Gasteiger partial charge in [-0.15, -0.1) is 0 Å². The zero-order valence-electron chi connectivity index (χ0n) is 10.0. The Bertz CT molecular complexity index is 442. The van der Waals surface area contributed by atoms with Gasteiger partial charge >= 0.3 is 0 Å². The zero-order valence-corrected chi connectivity index (χ0v) is 10.8. The van der Waals surface area contributed by atoms with Crippen LogP contribution >= 0.6 is 0 Å². The predicted molar refractivity (Wildman–Crippen MR) is 67.4 cm³/mol. The Kier molecular flexibility index (Phi) is 4.92. The topological polar surface area (TPSA) is 81.4 Å². The van der Waals surface area contributed by atoms with E-state index in [-0.39, 0.29) is 11.8 Å². The molecule has 5 nitrogen and oxygen atoms in total. The molecule has 96 valence electrons. The Balaban J connectivity index is 2.49. The molecule has 3 N–H and O–H groups in total. The molecule has 0 fully saturated rings. The van der Waals surface area contributed by atoms with Gasteiger partial charge in [-0.2, -0.15) is 0 Å². The van der Waals surface area contributed by atoms with Crippen LogP contribution in [0.5, 0.6) is 5.75 Å². The van der Waals surface area contributed by atoms with Crippen molar-refractivity contribution in [3.8, 4) is 5.75 Å². The molecule has 0 heterocycles. The van der Waals surface area contributed by atoms with Crippen LogP contribution in [-0.4, -0.2) is 27.8 Å². The molecule has 0 spiro atoms. The molecule has 1 aromatic rings. The van der Waals surface area contributed by atoms with Crippen molar-refractivity contribution in [2.45, 2.75) is 13.0 Å². The summed E-state index contributed by atoms with van der Waals surface area (Å²) in [6.07, 6.45) is 0. The Morgan fingerprint density at radius 2 is 1.94 bits per heavy atom. The van der Waals surface area contributed by atoms with E-state index in [1.54, 1.807) is 7.11 Å². The quantitative estimate of drug-likeness (QED) is 0.784. The molecule has 0 amide bonds. The number of ether oxygens (including phenoxy) is 1. The number of hydrogen-bond acceptors (Lipinski definition) is 4. The molecule has 1 aromatic carbocycles. The number of nitrogens with two attached hydrogens (primary N) is 1. The Morgan fingerprint density at radius 3 is 2.41 bits per heavy atom. The molecule has 0 unspecified atom stereocenters. The molecule has 0 aromatic heterocycles. The van der Waals surface area contributed by atoms with Crippen molar-refractivity contribution in [1.29, 1.82) is 0 Å². The summed E-state index contributed by atoms with van der Waals surface area (Å²) in [6, 6.07) is 7.68. The van der Waals surface area contributed by atoms with Gasteiger partial charge in [0.1, 0.15) is 5.75 Å². The lowest BCUT2D eigenvalue weighted by molar-refractivity contribution is 0.414. The van der Waals surface area contributed by atoms with E-state index in [0.29, 0.717) is 6.54 Å². The van der Waals surface area contributed by atoms with E-state index in [0.717, 1.165) is 11.3 Å². The van der Waals surface area contributed by atoms with Gasteiger partial charge in [0.2, 0.25) is 10.0 Å². The third kappa shape index (κ3) is 5.16. The highest BCUT2D eigenvalue weighted by Gasteiger charge is 2.07. The van der Waals surface area contributed by atoms with Gasteiger partial charge in [0.05, 0.1) is 12.9 Å². The van der Waals surface area contributed by atoms with Crippen LogP contribution in [0.1, 0.15) is 18.5 Å². The fraction of sp³-hybridized carbons (Fsp3) is 0.455. The van der Waals surface area contributed by atoms with Gasteiger partial charge in [0, 0.05) is 12.6 Å². The van der Waals surface area contributed by atoms with Crippen molar-refractivity contribution in [2.24, 2.45) is 5.14 Å². The Labute approximate surface area is 102 Å². The second kappa shape index (κ2) is 6.00. The minimum atomic E-state index is -3.40. The summed E-state index contributed by atoms with van der Waals surface area (Å²) in [5, 5.41) is 8.01. The van der Waals surface area contributed by atoms with Crippen molar-refractivity contribution in [3.63, 3.8) is 0 Å². The number of hydrogen-bond donors (Lipinski definition) is 2. The van der Waals surface area contributed by atoms with Gasteiger partial charge in [0.25, 0.3) is 0 Å². The fourth-order valence-electron chi connectivity index (χ4n) is 1.43. The van der Waals surface area contributed by atoms with Crippen LogP contribution in [0, 0.1) is 0 Å². The van der Waals surface area contributed by atoms with Crippen LogP contribution in [0.15, 0.2) is 24.3 Å². The smallest absolute Gasteiger partial charge is 0.210 e. The molecule has 0 saturated heterocycles. The summed E-state index contributed by atoms with van der Waals surface area (Å²) in [5.41, 5.74) is 1.07. The van der Waals surface area contributed by atoms with E-state index in [9.17, 15) is 8.42 Å². The third-order valence-electron chi connectivity index (χ3n) is 2.45. The summed E-state index contributed by atoms with van der Waals surface area (Å²) in [5.74, 6) is 0.735. The molecule has 6 heteroatoms. The summed E-state index contributed by atoms with van der Waals surface area (Å²) in [6.45, 7) is 2.30. The summed E-state index contributed by atoms with van der Waals surface area (Å²) >= 11 is 0. The summed E-state index contributed by atoms with van der Waals surface area (Å²) < 4.78 is 26.6. The second-order valence-electron chi connectivity index (χ2n) is 3.82. The van der Waals surface area contributed by atoms with Gasteiger partial charge in [-0.1, -0.05) is 12.1 Å². The van der Waals surface area contributed by atoms with E-state index in [1.165, 1.54) is 0 Å². The molecule has 0 bridgehead atoms. The van der Waals surface area contributed by atoms with Crippen molar-refractivity contribution in [2.75, 3.05) is 19.4 Å². The lowest BCUT2D eigenvalue weighted by Gasteiger charge is -2.14. The van der Waals surface area contributed by atoms with Gasteiger partial charge in [0.15, 0.2) is 0 Å². The molecule has 0 saturated carbocycles. The molecule has 0 radical (unpaired) electrons. The van der Waals surface area contributed by atoms with E-state index >= 15 is 0 Å². The summed E-state index contributed by atoms with van der Waals surface area (Å²) in [4.78, 5) is 0. The molecule has 0 aliphatic carbocycles. The molecule has 0 aliphatic heterocycles. The highest BCUT2D eigenvalue weighted by molar-refractivity contribution is 7.89. The van der Waals surface area contributed by atoms with E-state index in [2.05, 4.69) is 5.32 Å². The second-order valence-corrected chi connectivity index (χ2v) is 5.55. The zero-order chi connectivity index (χ0) is 12.9. The van der Waals surface area contributed by atoms with E-state index in [1.807, 2.05) is 31.2 Å². The van der Waals surface area contributed by atoms with Crippen LogP contribution in [0.2, 0.25) is 0 Å². The monoisotopic (exact) mass is 258 g/mol. The predicted octanol–water partition coefficient (Wildman–Crippen LogP) is 0.634. The number of methoxy groups -OCH3 is 1. The maximum absolute atomic E-state index is 10.8. The van der Waals surface area contributed by atoms with Gasteiger partial charge in [-0.25, -0.2) is 13.6 Å². The van der Waals surface area contributed by atoms with Crippen molar-refractivity contribution >= 4 is 10.0 Å². The number of primary sulfonamides is 1. The highest BCUT2D eigenvalue weighted by atomic mass is 32.2. The van der Waals surface area contributed by atoms with E-state index in [4.69, 9.17) is 9.88 Å². The summed E-state index contributed by atoms with van der Waals surface area (Å²) in [7, 11) is -1.78. The molecule has 17 heavy (non-hydrogen) atoms. The van der Waals surface area contributed by atoms with Crippen molar-refractivity contribution in [1.82, 2.24) is 5.32 Å². The number of benzene rings is 1. The lowest BCUT2D eigenvalue weighted by Crippen LogP contribution is -2.28. The fourth-order valence-corrected chi connectivity index (χ4v) is 1.83. The first kappa shape index (κ1) is 14.0. The third-order valence-corrected chi connectivity index (χ3v) is 3.23. The Morgan fingerprint density at radius 1 is 1.35 bits per heavy atom. The van der Waals surface area contributed by atoms with Gasteiger partial charge < -0.3 is 10.1 Å². The SMILES string of the molecule is COc1ccc([C@@H](C)NCCS(N)(=O)=O)cc1. The van der Waals surface area contributed by atoms with Crippen LogP contribution < -0.4 is 15.2 Å². The normalized spacial score (nSPS) is 13.4. The van der Waals surface area contributed by atoms with Gasteiger partial charge in [-0.05, 0) is 24.6 Å². The maximum atomic E-state index is 10.8. The first-order valence-corrected chi connectivity index (χ1v) is 7.02. The number of nitrogens with one attached hydrogen (secondary N) is 1. The Hall–Kier alpha value is -1.11. The van der Waals surface area contributed by atoms with Crippen molar-refractivity contribution < 1.29 is 13.2 Å². The average Bonchev–Trinajstić information content (AvgIpc) is 2.27. The largest absolute Gasteiger partial charge is 0.497 e. The lowest BCUT2D eigenvalue weighted by atomic mass is 10.1. The van der Waals surface area contributed by atoms with Crippen LogP contribution in [-0.2, 0) is 10.0 Å². The average molecular weight is 258 g/mol. The maximum Gasteiger partial charge on any atom is 0.210 e. The number of rotatable bonds is 6. The van der Waals surface area contributed by atoms with Crippen LogP contribution in [0.3, 0.4) is 0 Å². The minimum absolute atomic E-state index is 0.0620. The molecular weight excluding hydrogens is 240 g/mol. The standard InChI is InChI=1S/C11H18N2O3S/c1-9(13-7-8-17(12,14)15)10-3-5-11(16-2)6-4-10/h3-6,9,13H,7-8H2,1-2H3,(H2,12,14,15)/t9-/m1/s1. The minimum Gasteiger partial charge on any atom is -0.497 e.